The van der Waals surface area contributed by atoms with Crippen molar-refractivity contribution < 1.29 is 13.9 Å². The summed E-state index contributed by atoms with van der Waals surface area (Å²) in [5, 5.41) is 0. The molecule has 0 spiro atoms. The largest absolute Gasteiger partial charge is 0.461 e. The van der Waals surface area contributed by atoms with Gasteiger partial charge in [0.05, 0.1) is 6.61 Å². The Hall–Kier alpha value is -2.95. The first-order chi connectivity index (χ1) is 10.8. The Labute approximate surface area is 127 Å². The van der Waals surface area contributed by atoms with Gasteiger partial charge >= 0.3 is 5.97 Å². The van der Waals surface area contributed by atoms with Crippen molar-refractivity contribution in [2.45, 2.75) is 6.92 Å². The molecular weight excluding hydrogens is 280 g/mol. The first-order valence-electron chi connectivity index (χ1n) is 6.93. The van der Waals surface area contributed by atoms with Crippen LogP contribution in [0.5, 0.6) is 0 Å². The Balaban J connectivity index is 2.11. The van der Waals surface area contributed by atoms with E-state index >= 15 is 0 Å². The second kappa shape index (κ2) is 6.22. The summed E-state index contributed by atoms with van der Waals surface area (Å²) in [5.74, 6) is 0.274. The van der Waals surface area contributed by atoms with Crippen LogP contribution in [0.15, 0.2) is 59.3 Å². The smallest absolute Gasteiger partial charge is 0.361 e. The number of rotatable bonds is 4. The van der Waals surface area contributed by atoms with E-state index < -0.39 is 5.97 Å². The number of hydrogen-bond donors (Lipinski definition) is 0. The zero-order chi connectivity index (χ0) is 15.4. The molecule has 0 radical (unpaired) electrons. The highest BCUT2D eigenvalue weighted by molar-refractivity contribution is 5.94. The van der Waals surface area contributed by atoms with Crippen LogP contribution in [0.2, 0.25) is 0 Å². The fraction of sp³-hybridized carbons (Fsp3) is 0.118. The fourth-order valence-corrected chi connectivity index (χ4v) is 2.06. The van der Waals surface area contributed by atoms with Crippen molar-refractivity contribution in [3.8, 4) is 22.8 Å². The van der Waals surface area contributed by atoms with E-state index in [1.54, 1.807) is 31.5 Å². The first-order valence-corrected chi connectivity index (χ1v) is 6.93. The molecule has 5 nitrogen and oxygen atoms in total. The van der Waals surface area contributed by atoms with Gasteiger partial charge in [0.1, 0.15) is 0 Å². The molecule has 1 aromatic carbocycles. The molecule has 22 heavy (non-hydrogen) atoms. The van der Waals surface area contributed by atoms with Crippen LogP contribution in [0.1, 0.15) is 17.4 Å². The van der Waals surface area contributed by atoms with Crippen LogP contribution < -0.4 is 0 Å². The average molecular weight is 294 g/mol. The highest BCUT2D eigenvalue weighted by Gasteiger charge is 2.23. The second-order valence-corrected chi connectivity index (χ2v) is 4.52. The molecular formula is C17H14N2O3. The number of benzene rings is 1. The molecule has 0 aliphatic heterocycles. The lowest BCUT2D eigenvalue weighted by atomic mass is 10.2. The Kier molecular flexibility index (Phi) is 3.96. The number of nitrogens with zero attached hydrogens (tertiary/aromatic N) is 2. The highest BCUT2D eigenvalue weighted by Crippen LogP contribution is 2.29. The summed E-state index contributed by atoms with van der Waals surface area (Å²) in [6, 6.07) is 12.9. The van der Waals surface area contributed by atoms with Gasteiger partial charge in [-0.15, -0.1) is 0 Å². The number of ether oxygens (including phenoxy) is 1. The van der Waals surface area contributed by atoms with Crippen LogP contribution in [0.25, 0.3) is 22.8 Å². The van der Waals surface area contributed by atoms with Crippen LogP contribution in [0.4, 0.5) is 0 Å². The van der Waals surface area contributed by atoms with Crippen LogP contribution in [0, 0.1) is 0 Å². The molecule has 0 N–H and O–H groups in total. The maximum Gasteiger partial charge on any atom is 0.361 e. The zero-order valence-electron chi connectivity index (χ0n) is 12.0. The molecule has 0 fully saturated rings. The molecule has 2 aromatic heterocycles. The third-order valence-electron chi connectivity index (χ3n) is 3.06. The normalized spacial score (nSPS) is 10.4. The highest BCUT2D eigenvalue weighted by atomic mass is 16.5. The Bertz CT molecular complexity index is 767. The maximum absolute atomic E-state index is 12.1. The van der Waals surface area contributed by atoms with E-state index in [2.05, 4.69) is 9.97 Å². The molecule has 0 aliphatic rings. The predicted octanol–water partition coefficient (Wildman–Crippen LogP) is 3.58. The van der Waals surface area contributed by atoms with Gasteiger partial charge in [0.25, 0.3) is 0 Å². The first kappa shape index (κ1) is 14.0. The summed E-state index contributed by atoms with van der Waals surface area (Å²) in [6.45, 7) is 2.03. The summed E-state index contributed by atoms with van der Waals surface area (Å²) >= 11 is 0. The third kappa shape index (κ3) is 2.74. The average Bonchev–Trinajstić information content (AvgIpc) is 3.02. The molecule has 2 heterocycles. The lowest BCUT2D eigenvalue weighted by Gasteiger charge is -2.00. The SMILES string of the molecule is CCOC(=O)c1nc(-c2ccccc2)oc1-c1ccncc1. The van der Waals surface area contributed by atoms with Crippen molar-refractivity contribution in [1.82, 2.24) is 9.97 Å². The summed E-state index contributed by atoms with van der Waals surface area (Å²) in [4.78, 5) is 20.4. The maximum atomic E-state index is 12.1. The van der Waals surface area contributed by atoms with Crippen molar-refractivity contribution in [3.63, 3.8) is 0 Å². The van der Waals surface area contributed by atoms with Gasteiger partial charge in [-0.05, 0) is 31.2 Å². The monoisotopic (exact) mass is 294 g/mol. The van der Waals surface area contributed by atoms with Gasteiger partial charge in [0.2, 0.25) is 5.89 Å². The molecule has 3 aromatic rings. The summed E-state index contributed by atoms with van der Waals surface area (Å²) in [7, 11) is 0. The van der Waals surface area contributed by atoms with Gasteiger partial charge in [0.15, 0.2) is 11.5 Å². The molecule has 0 bridgehead atoms. The number of aromatic nitrogens is 2. The van der Waals surface area contributed by atoms with Gasteiger partial charge < -0.3 is 9.15 Å². The third-order valence-corrected chi connectivity index (χ3v) is 3.06. The van der Waals surface area contributed by atoms with Gasteiger partial charge in [-0.2, -0.15) is 0 Å². The van der Waals surface area contributed by atoms with Crippen molar-refractivity contribution in [2.24, 2.45) is 0 Å². The predicted molar refractivity (Wildman–Crippen MR) is 81.1 cm³/mol. The fourth-order valence-electron chi connectivity index (χ4n) is 2.06. The second-order valence-electron chi connectivity index (χ2n) is 4.52. The van der Waals surface area contributed by atoms with E-state index in [0.29, 0.717) is 11.7 Å². The minimum absolute atomic E-state index is 0.173. The molecule has 5 heteroatoms. The van der Waals surface area contributed by atoms with E-state index in [4.69, 9.17) is 9.15 Å². The molecule has 0 unspecified atom stereocenters. The number of esters is 1. The van der Waals surface area contributed by atoms with Gasteiger partial charge in [0, 0.05) is 23.5 Å². The zero-order valence-corrected chi connectivity index (χ0v) is 12.0. The van der Waals surface area contributed by atoms with Crippen molar-refractivity contribution >= 4 is 5.97 Å². The quantitative estimate of drug-likeness (QED) is 0.688. The summed E-state index contributed by atoms with van der Waals surface area (Å²) < 4.78 is 10.9. The Morgan fingerprint density at radius 1 is 1.09 bits per heavy atom. The topological polar surface area (TPSA) is 65.2 Å². The number of carbonyl (C=O) groups excluding carboxylic acids is 1. The van der Waals surface area contributed by atoms with Gasteiger partial charge in [-0.1, -0.05) is 18.2 Å². The molecule has 3 rings (SSSR count). The van der Waals surface area contributed by atoms with E-state index in [9.17, 15) is 4.79 Å². The lowest BCUT2D eigenvalue weighted by Crippen LogP contribution is -2.06. The Morgan fingerprint density at radius 2 is 1.82 bits per heavy atom. The molecule has 0 atom stereocenters. The lowest BCUT2D eigenvalue weighted by molar-refractivity contribution is 0.0520. The molecule has 110 valence electrons. The molecule has 0 saturated heterocycles. The van der Waals surface area contributed by atoms with Gasteiger partial charge in [-0.3, -0.25) is 4.98 Å². The van der Waals surface area contributed by atoms with E-state index in [0.717, 1.165) is 11.1 Å². The van der Waals surface area contributed by atoms with Crippen LogP contribution in [-0.4, -0.2) is 22.5 Å². The number of oxazole rings is 1. The van der Waals surface area contributed by atoms with Crippen molar-refractivity contribution in [2.75, 3.05) is 6.61 Å². The van der Waals surface area contributed by atoms with E-state index in [1.165, 1.54) is 0 Å². The number of pyridine rings is 1. The number of hydrogen-bond acceptors (Lipinski definition) is 5. The number of carbonyl (C=O) groups is 1. The molecule has 0 saturated carbocycles. The van der Waals surface area contributed by atoms with Gasteiger partial charge in [-0.25, -0.2) is 9.78 Å². The summed E-state index contributed by atoms with van der Waals surface area (Å²) in [5.41, 5.74) is 1.70. The Morgan fingerprint density at radius 3 is 2.50 bits per heavy atom. The van der Waals surface area contributed by atoms with Crippen LogP contribution in [0.3, 0.4) is 0 Å². The van der Waals surface area contributed by atoms with Crippen LogP contribution >= 0.6 is 0 Å². The van der Waals surface area contributed by atoms with Crippen molar-refractivity contribution in [1.29, 1.82) is 0 Å². The minimum Gasteiger partial charge on any atom is -0.461 e. The van der Waals surface area contributed by atoms with Crippen molar-refractivity contribution in [3.05, 3.63) is 60.6 Å². The summed E-state index contributed by atoms with van der Waals surface area (Å²) in [6.07, 6.45) is 3.27. The standard InChI is InChI=1S/C17H14N2O3/c1-2-21-17(20)14-15(12-8-10-18-11-9-12)22-16(19-14)13-6-4-3-5-7-13/h3-11H,2H2,1H3. The van der Waals surface area contributed by atoms with E-state index in [1.807, 2.05) is 30.3 Å². The van der Waals surface area contributed by atoms with E-state index in [-0.39, 0.29) is 12.3 Å². The minimum atomic E-state index is -0.500. The molecule has 0 aliphatic carbocycles. The van der Waals surface area contributed by atoms with Crippen LogP contribution in [-0.2, 0) is 4.74 Å². The molecule has 0 amide bonds.